The standard InChI is InChI=1S/C11H12ClNO/c1-2-13-10-7-9(12)5-3-8(10)4-6-11(13)14/h3,5,7H,2,4,6H2,1H3. The predicted molar refractivity (Wildman–Crippen MR) is 57.8 cm³/mol. The fourth-order valence-corrected chi connectivity index (χ4v) is 2.02. The second-order valence-electron chi connectivity index (χ2n) is 3.41. The summed E-state index contributed by atoms with van der Waals surface area (Å²) in [6, 6.07) is 5.76. The highest BCUT2D eigenvalue weighted by Gasteiger charge is 2.22. The summed E-state index contributed by atoms with van der Waals surface area (Å²) < 4.78 is 0. The van der Waals surface area contributed by atoms with E-state index in [1.54, 1.807) is 4.90 Å². The maximum atomic E-state index is 11.6. The van der Waals surface area contributed by atoms with Crippen LogP contribution < -0.4 is 4.90 Å². The number of nitrogens with zero attached hydrogens (tertiary/aromatic N) is 1. The third kappa shape index (κ3) is 1.50. The molecule has 1 aliphatic heterocycles. The van der Waals surface area contributed by atoms with Crippen molar-refractivity contribution >= 4 is 23.2 Å². The lowest BCUT2D eigenvalue weighted by Crippen LogP contribution is -2.34. The van der Waals surface area contributed by atoms with Gasteiger partial charge in [-0.25, -0.2) is 0 Å². The summed E-state index contributed by atoms with van der Waals surface area (Å²) in [6.45, 7) is 2.69. The van der Waals surface area contributed by atoms with Gasteiger partial charge in [-0.15, -0.1) is 0 Å². The lowest BCUT2D eigenvalue weighted by atomic mass is 10.0. The number of fused-ring (bicyclic) bond motifs is 1. The monoisotopic (exact) mass is 209 g/mol. The van der Waals surface area contributed by atoms with Crippen LogP contribution in [0.4, 0.5) is 5.69 Å². The molecular weight excluding hydrogens is 198 g/mol. The molecule has 2 nitrogen and oxygen atoms in total. The number of carbonyl (C=O) groups excluding carboxylic acids is 1. The van der Waals surface area contributed by atoms with Gasteiger partial charge in [0, 0.05) is 23.7 Å². The molecule has 0 bridgehead atoms. The fraction of sp³-hybridized carbons (Fsp3) is 0.364. The maximum Gasteiger partial charge on any atom is 0.227 e. The first-order valence-corrected chi connectivity index (χ1v) is 5.19. The highest BCUT2D eigenvalue weighted by molar-refractivity contribution is 6.31. The van der Waals surface area contributed by atoms with Crippen molar-refractivity contribution in [1.29, 1.82) is 0 Å². The van der Waals surface area contributed by atoms with Crippen LogP contribution in [0.5, 0.6) is 0 Å². The van der Waals surface area contributed by atoms with E-state index in [9.17, 15) is 4.79 Å². The van der Waals surface area contributed by atoms with E-state index >= 15 is 0 Å². The lowest BCUT2D eigenvalue weighted by molar-refractivity contribution is -0.118. The first-order valence-electron chi connectivity index (χ1n) is 4.81. The highest BCUT2D eigenvalue weighted by Crippen LogP contribution is 2.30. The largest absolute Gasteiger partial charge is 0.312 e. The van der Waals surface area contributed by atoms with Crippen LogP contribution in [0.25, 0.3) is 0 Å². The number of hydrogen-bond donors (Lipinski definition) is 0. The van der Waals surface area contributed by atoms with Crippen LogP contribution in [0.3, 0.4) is 0 Å². The smallest absolute Gasteiger partial charge is 0.227 e. The number of aryl methyl sites for hydroxylation is 1. The van der Waals surface area contributed by atoms with Crippen LogP contribution >= 0.6 is 11.6 Å². The van der Waals surface area contributed by atoms with Gasteiger partial charge in [0.2, 0.25) is 5.91 Å². The molecule has 0 unspecified atom stereocenters. The van der Waals surface area contributed by atoms with Gasteiger partial charge >= 0.3 is 0 Å². The van der Waals surface area contributed by atoms with E-state index in [0.29, 0.717) is 18.0 Å². The zero-order chi connectivity index (χ0) is 10.1. The van der Waals surface area contributed by atoms with Crippen LogP contribution in [0.2, 0.25) is 5.02 Å². The average Bonchev–Trinajstić information content (AvgIpc) is 2.17. The van der Waals surface area contributed by atoms with E-state index in [4.69, 9.17) is 11.6 Å². The van der Waals surface area contributed by atoms with Gasteiger partial charge in [-0.2, -0.15) is 0 Å². The Morgan fingerprint density at radius 2 is 2.21 bits per heavy atom. The van der Waals surface area contributed by atoms with E-state index in [1.807, 2.05) is 25.1 Å². The van der Waals surface area contributed by atoms with Crippen molar-refractivity contribution in [1.82, 2.24) is 0 Å². The molecule has 0 aliphatic carbocycles. The molecule has 0 radical (unpaired) electrons. The van der Waals surface area contributed by atoms with Crippen LogP contribution in [-0.2, 0) is 11.2 Å². The lowest BCUT2D eigenvalue weighted by Gasteiger charge is -2.28. The van der Waals surface area contributed by atoms with Crippen molar-refractivity contribution in [2.24, 2.45) is 0 Å². The second kappa shape index (κ2) is 3.62. The van der Waals surface area contributed by atoms with E-state index in [-0.39, 0.29) is 5.91 Å². The molecule has 0 N–H and O–H groups in total. The Morgan fingerprint density at radius 1 is 1.43 bits per heavy atom. The van der Waals surface area contributed by atoms with Gasteiger partial charge in [-0.1, -0.05) is 17.7 Å². The molecule has 0 fully saturated rings. The minimum Gasteiger partial charge on any atom is -0.312 e. The van der Waals surface area contributed by atoms with Gasteiger partial charge in [-0.05, 0) is 31.0 Å². The van der Waals surface area contributed by atoms with Crippen LogP contribution in [0.15, 0.2) is 18.2 Å². The van der Waals surface area contributed by atoms with Crippen LogP contribution in [-0.4, -0.2) is 12.5 Å². The van der Waals surface area contributed by atoms with Crippen molar-refractivity contribution in [3.63, 3.8) is 0 Å². The Morgan fingerprint density at radius 3 is 2.93 bits per heavy atom. The van der Waals surface area contributed by atoms with Crippen LogP contribution in [0, 0.1) is 0 Å². The molecule has 1 aromatic carbocycles. The minimum absolute atomic E-state index is 0.197. The molecule has 0 saturated heterocycles. The summed E-state index contributed by atoms with van der Waals surface area (Å²) in [4.78, 5) is 13.4. The highest BCUT2D eigenvalue weighted by atomic mass is 35.5. The van der Waals surface area contributed by atoms with Crippen molar-refractivity contribution in [3.8, 4) is 0 Å². The van der Waals surface area contributed by atoms with Gasteiger partial charge in [0.05, 0.1) is 0 Å². The number of rotatable bonds is 1. The van der Waals surface area contributed by atoms with Gasteiger partial charge in [-0.3, -0.25) is 4.79 Å². The summed E-state index contributed by atoms with van der Waals surface area (Å²) in [5, 5.41) is 0.692. The van der Waals surface area contributed by atoms with Gasteiger partial charge < -0.3 is 4.90 Å². The molecule has 0 saturated carbocycles. The maximum absolute atomic E-state index is 11.6. The summed E-state index contributed by atoms with van der Waals surface area (Å²) in [6.07, 6.45) is 1.45. The number of hydrogen-bond acceptors (Lipinski definition) is 1. The summed E-state index contributed by atoms with van der Waals surface area (Å²) in [5.41, 5.74) is 2.20. The third-order valence-corrected chi connectivity index (χ3v) is 2.80. The molecule has 74 valence electrons. The molecule has 1 aromatic rings. The van der Waals surface area contributed by atoms with E-state index < -0.39 is 0 Å². The molecule has 1 aliphatic rings. The zero-order valence-corrected chi connectivity index (χ0v) is 8.84. The molecule has 0 aromatic heterocycles. The molecule has 2 rings (SSSR count). The second-order valence-corrected chi connectivity index (χ2v) is 3.85. The molecule has 14 heavy (non-hydrogen) atoms. The van der Waals surface area contributed by atoms with Gasteiger partial charge in [0.25, 0.3) is 0 Å². The van der Waals surface area contributed by atoms with Crippen molar-refractivity contribution in [2.75, 3.05) is 11.4 Å². The Hall–Kier alpha value is -1.02. The summed E-state index contributed by atoms with van der Waals surface area (Å²) >= 11 is 5.91. The zero-order valence-electron chi connectivity index (χ0n) is 8.09. The molecule has 3 heteroatoms. The number of amides is 1. The van der Waals surface area contributed by atoms with E-state index in [2.05, 4.69) is 0 Å². The van der Waals surface area contributed by atoms with E-state index in [1.165, 1.54) is 5.56 Å². The fourth-order valence-electron chi connectivity index (χ4n) is 1.86. The summed E-state index contributed by atoms with van der Waals surface area (Å²) in [7, 11) is 0. The average molecular weight is 210 g/mol. The SMILES string of the molecule is CCN1C(=O)CCc2ccc(Cl)cc21. The van der Waals surface area contributed by atoms with E-state index in [0.717, 1.165) is 12.1 Å². The topological polar surface area (TPSA) is 20.3 Å². The first kappa shape index (κ1) is 9.53. The molecule has 0 spiro atoms. The summed E-state index contributed by atoms with van der Waals surface area (Å²) in [5.74, 6) is 0.197. The number of halogens is 1. The van der Waals surface area contributed by atoms with Crippen molar-refractivity contribution in [3.05, 3.63) is 28.8 Å². The Labute approximate surface area is 88.5 Å². The Kier molecular flexibility index (Phi) is 2.46. The third-order valence-electron chi connectivity index (χ3n) is 2.56. The van der Waals surface area contributed by atoms with Gasteiger partial charge in [0.1, 0.15) is 0 Å². The van der Waals surface area contributed by atoms with Crippen LogP contribution in [0.1, 0.15) is 18.9 Å². The number of anilines is 1. The molecule has 1 heterocycles. The molecular formula is C11H12ClNO. The number of benzene rings is 1. The van der Waals surface area contributed by atoms with Crippen molar-refractivity contribution in [2.45, 2.75) is 19.8 Å². The number of carbonyl (C=O) groups is 1. The minimum atomic E-state index is 0.197. The predicted octanol–water partition coefficient (Wildman–Crippen LogP) is 2.64. The Bertz CT molecular complexity index is 376. The van der Waals surface area contributed by atoms with Crippen molar-refractivity contribution < 1.29 is 4.79 Å². The molecule has 1 amide bonds. The first-order chi connectivity index (χ1) is 6.72. The quantitative estimate of drug-likeness (QED) is 0.697. The Balaban J connectivity index is 2.49. The normalized spacial score (nSPS) is 15.6. The molecule has 0 atom stereocenters. The van der Waals surface area contributed by atoms with Gasteiger partial charge in [0.15, 0.2) is 0 Å².